The molecule has 0 aliphatic rings. The molecule has 5 heteroatoms. The van der Waals surface area contributed by atoms with Crippen LogP contribution in [0.15, 0.2) is 0 Å². The molecule has 0 rings (SSSR count). The Kier molecular flexibility index (Phi) is 13.7. The second-order valence-corrected chi connectivity index (χ2v) is 14.3. The average Bonchev–Trinajstić information content (AvgIpc) is 0.811. The van der Waals surface area contributed by atoms with Crippen LogP contribution in [0, 0.1) is 29.9 Å². The Labute approximate surface area is 58.3 Å². The number of hydrogen-bond acceptors (Lipinski definition) is 0. The first kappa shape index (κ1) is 10.5. The Morgan fingerprint density at radius 2 is 1.00 bits per heavy atom. The fraction of sp³-hybridized carbons (Fsp3) is 0. The van der Waals surface area contributed by atoms with Gasteiger partial charge in [-0.1, -0.05) is 0 Å². The molecule has 33 valence electrons. The maximum atomic E-state index is 5.02. The van der Waals surface area contributed by atoms with Gasteiger partial charge < -0.3 is 0 Å². The van der Waals surface area contributed by atoms with Gasteiger partial charge in [-0.3, -0.25) is 0 Å². The van der Waals surface area contributed by atoms with Gasteiger partial charge in [0.15, 0.2) is 0 Å². The third kappa shape index (κ3) is 21.0. The molecule has 0 aromatic carbocycles. The van der Waals surface area contributed by atoms with Crippen molar-refractivity contribution in [2.75, 3.05) is 0 Å². The molecule has 0 fully saturated rings. The van der Waals surface area contributed by atoms with E-state index in [4.69, 9.17) is 17.4 Å². The number of rotatable bonds is 0. The summed E-state index contributed by atoms with van der Waals surface area (Å²) in [6, 6.07) is 0. The number of halogens is 4. The van der Waals surface area contributed by atoms with E-state index >= 15 is 0 Å². The van der Waals surface area contributed by atoms with Crippen molar-refractivity contribution < 1.29 is 29.9 Å². The van der Waals surface area contributed by atoms with E-state index in [0.717, 1.165) is 0 Å². The summed E-state index contributed by atoms with van der Waals surface area (Å²) in [5.74, 6) is 15.1. The Hall–Kier alpha value is 2.51. The topological polar surface area (TPSA) is 0 Å². The Balaban J connectivity index is 0. The fourth-order valence-electron chi connectivity index (χ4n) is 0. The van der Waals surface area contributed by atoms with Crippen LogP contribution in [0.5, 0.6) is 0 Å². The van der Waals surface area contributed by atoms with Gasteiger partial charge in [0, 0.05) is 0 Å². The molecule has 0 spiro atoms. The first-order chi connectivity index (χ1) is 1.73. The Bertz CT molecular complexity index is 8.36. The van der Waals surface area contributed by atoms with E-state index in [9.17, 15) is 0 Å². The number of hydrogen-bond donors (Lipinski definition) is 0. The minimum absolute atomic E-state index is 0. The van der Waals surface area contributed by atoms with Gasteiger partial charge in [0.25, 0.3) is 0 Å². The summed E-state index contributed by atoms with van der Waals surface area (Å²) in [5, 5.41) is 0. The van der Waals surface area contributed by atoms with E-state index in [0.29, 0.717) is 0 Å². The molecule has 0 aliphatic carbocycles. The minimum atomic E-state index is -2.24. The van der Waals surface area contributed by atoms with Crippen LogP contribution in [-0.2, 0) is 0 Å². The Morgan fingerprint density at radius 3 is 1.00 bits per heavy atom. The first-order valence-corrected chi connectivity index (χ1v) is 12.6. The fourth-order valence-corrected chi connectivity index (χ4v) is 0. The molecule has 0 saturated carbocycles. The van der Waals surface area contributed by atoms with Crippen LogP contribution in [0.25, 0.3) is 0 Å². The molecule has 0 aromatic rings. The van der Waals surface area contributed by atoms with Crippen molar-refractivity contribution in [1.82, 2.24) is 0 Å². The predicted octanol–water partition coefficient (Wildman–Crippen LogP) is 2.49. The molecule has 0 heterocycles. The normalized spacial score (nSPS) is 5.40. The summed E-state index contributed by atoms with van der Waals surface area (Å²) in [4.78, 5) is 0. The van der Waals surface area contributed by atoms with E-state index in [1.165, 1.54) is 0 Å². The Morgan fingerprint density at radius 1 is 1.00 bits per heavy atom. The summed E-state index contributed by atoms with van der Waals surface area (Å²) in [5.41, 5.74) is 0. The van der Waals surface area contributed by atoms with E-state index in [-0.39, 0.29) is 12.4 Å². The third-order valence-corrected chi connectivity index (χ3v) is 0. The SMILES string of the molecule is Cl.[Cl][Nd]([Cl])[Cl]. The molecule has 0 N–H and O–H groups in total. The average molecular weight is 287 g/mol. The summed E-state index contributed by atoms with van der Waals surface area (Å²) < 4.78 is 0. The van der Waals surface area contributed by atoms with Gasteiger partial charge in [0.1, 0.15) is 0 Å². The zero-order chi connectivity index (χ0) is 3.58. The summed E-state index contributed by atoms with van der Waals surface area (Å²) in [7, 11) is 0. The summed E-state index contributed by atoms with van der Waals surface area (Å²) >= 11 is -2.24. The van der Waals surface area contributed by atoms with E-state index in [1.54, 1.807) is 0 Å². The van der Waals surface area contributed by atoms with Crippen LogP contribution < -0.4 is 0 Å². The van der Waals surface area contributed by atoms with Crippen molar-refractivity contribution in [3.63, 3.8) is 0 Å². The molecule has 0 bridgehead atoms. The molecule has 0 aromatic heterocycles. The standard InChI is InChI=1S/4ClH.Nd/h4*1H;/q;;;;+3/p-3. The van der Waals surface area contributed by atoms with E-state index in [1.807, 2.05) is 0 Å². The molecule has 0 saturated heterocycles. The zero-order valence-corrected chi connectivity index (χ0v) is 8.33. The van der Waals surface area contributed by atoms with Gasteiger partial charge in [-0.25, -0.2) is 0 Å². The summed E-state index contributed by atoms with van der Waals surface area (Å²) in [6.07, 6.45) is 0. The third-order valence-electron chi connectivity index (χ3n) is 0. The van der Waals surface area contributed by atoms with Gasteiger partial charge in [-0.2, -0.15) is 0 Å². The predicted molar refractivity (Wildman–Crippen MR) is 24.8 cm³/mol. The summed E-state index contributed by atoms with van der Waals surface area (Å²) in [6.45, 7) is 0. The van der Waals surface area contributed by atoms with Crippen LogP contribution in [0.3, 0.4) is 0 Å². The second-order valence-electron chi connectivity index (χ2n) is 0.214. The van der Waals surface area contributed by atoms with Crippen molar-refractivity contribution in [3.8, 4) is 0 Å². The maximum absolute atomic E-state index is 5.02. The van der Waals surface area contributed by atoms with Crippen molar-refractivity contribution in [2.24, 2.45) is 0 Å². The van der Waals surface area contributed by atoms with E-state index < -0.39 is 29.9 Å². The zero-order valence-electron chi connectivity index (χ0n) is 2.04. The van der Waals surface area contributed by atoms with Crippen LogP contribution in [0.2, 0.25) is 0 Å². The molecule has 0 amide bonds. The molecule has 0 unspecified atom stereocenters. The molecular formula is HCl4Nd. The van der Waals surface area contributed by atoms with Crippen LogP contribution in [0.4, 0.5) is 0 Å². The molecule has 5 heavy (non-hydrogen) atoms. The monoisotopic (exact) mass is 283 g/mol. The molecule has 0 aliphatic heterocycles. The van der Waals surface area contributed by atoms with Crippen LogP contribution in [-0.4, -0.2) is 0 Å². The van der Waals surface area contributed by atoms with Gasteiger partial charge in [-0.15, -0.1) is 12.4 Å². The molecular weight excluding hydrogens is 286 g/mol. The van der Waals surface area contributed by atoms with Crippen molar-refractivity contribution in [2.45, 2.75) is 0 Å². The van der Waals surface area contributed by atoms with Crippen LogP contribution in [0.1, 0.15) is 0 Å². The quantitative estimate of drug-likeness (QED) is 0.642. The van der Waals surface area contributed by atoms with Gasteiger partial charge in [0.2, 0.25) is 0 Å². The van der Waals surface area contributed by atoms with E-state index in [2.05, 4.69) is 0 Å². The van der Waals surface area contributed by atoms with Gasteiger partial charge in [0.05, 0.1) is 0 Å². The molecule has 0 radical (unpaired) electrons. The van der Waals surface area contributed by atoms with Crippen molar-refractivity contribution >= 4 is 29.8 Å². The molecule has 0 nitrogen and oxygen atoms in total. The first-order valence-electron chi connectivity index (χ1n) is 0.567. The van der Waals surface area contributed by atoms with Crippen molar-refractivity contribution in [3.05, 3.63) is 0 Å². The molecule has 0 atom stereocenters. The second kappa shape index (κ2) is 6.51. The van der Waals surface area contributed by atoms with Gasteiger partial charge >= 0.3 is 47.3 Å². The van der Waals surface area contributed by atoms with Gasteiger partial charge in [-0.05, 0) is 0 Å². The van der Waals surface area contributed by atoms with Crippen LogP contribution >= 0.6 is 29.8 Å². The van der Waals surface area contributed by atoms with Crippen molar-refractivity contribution in [1.29, 1.82) is 0 Å².